The van der Waals surface area contributed by atoms with Crippen molar-refractivity contribution in [1.82, 2.24) is 10.0 Å². The van der Waals surface area contributed by atoms with E-state index in [1.54, 1.807) is 36.1 Å². The van der Waals surface area contributed by atoms with Crippen LogP contribution in [0.2, 0.25) is 0 Å². The number of amides is 2. The summed E-state index contributed by atoms with van der Waals surface area (Å²) in [6.45, 7) is 6.60. The van der Waals surface area contributed by atoms with Crippen molar-refractivity contribution in [2.75, 3.05) is 18.2 Å². The van der Waals surface area contributed by atoms with Crippen molar-refractivity contribution in [3.63, 3.8) is 0 Å². The lowest BCUT2D eigenvalue weighted by atomic mass is 10.0. The van der Waals surface area contributed by atoms with Crippen molar-refractivity contribution in [3.8, 4) is 11.5 Å². The van der Waals surface area contributed by atoms with E-state index in [1.807, 2.05) is 19.9 Å². The molecule has 0 saturated heterocycles. The predicted molar refractivity (Wildman–Crippen MR) is 131 cm³/mol. The Kier molecular flexibility index (Phi) is 7.32. The van der Waals surface area contributed by atoms with Crippen molar-refractivity contribution in [2.24, 2.45) is 5.92 Å². The van der Waals surface area contributed by atoms with Gasteiger partial charge in [0, 0.05) is 25.2 Å². The van der Waals surface area contributed by atoms with Crippen LogP contribution in [0.4, 0.5) is 5.69 Å². The highest BCUT2D eigenvalue weighted by molar-refractivity contribution is 7.89. The summed E-state index contributed by atoms with van der Waals surface area (Å²) in [7, 11) is -3.96. The van der Waals surface area contributed by atoms with Crippen LogP contribution >= 0.6 is 0 Å². The molecule has 2 aliphatic rings. The lowest BCUT2D eigenvalue weighted by Crippen LogP contribution is -2.47. The third kappa shape index (κ3) is 5.59. The van der Waals surface area contributed by atoms with Crippen LogP contribution in [0.5, 0.6) is 11.5 Å². The maximum absolute atomic E-state index is 13.2. The van der Waals surface area contributed by atoms with Gasteiger partial charge in [-0.1, -0.05) is 26.8 Å². The zero-order valence-electron chi connectivity index (χ0n) is 20.2. The van der Waals surface area contributed by atoms with Gasteiger partial charge in [0.05, 0.1) is 4.90 Å². The van der Waals surface area contributed by atoms with Crippen LogP contribution in [0.25, 0.3) is 0 Å². The third-order valence-electron chi connectivity index (χ3n) is 6.09. The standard InChI is InChI=1S/C25H31N3O6S/c1-4-24(29)28-10-9-18-13-19(6-7-21(18)28)35(31,32)27-20(11-16(2)3)25(30)26-14-17-5-8-22-23(12-17)34-15-33-22/h5-8,12-13,16,20,27H,4,9-11,14-15H2,1-3H3,(H,26,30). The number of carbonyl (C=O) groups excluding carboxylic acids is 2. The highest BCUT2D eigenvalue weighted by Crippen LogP contribution is 2.33. The van der Waals surface area contributed by atoms with Crippen molar-refractivity contribution >= 4 is 27.5 Å². The summed E-state index contributed by atoms with van der Waals surface area (Å²) < 4.78 is 39.7. The lowest BCUT2D eigenvalue weighted by molar-refractivity contribution is -0.123. The zero-order chi connectivity index (χ0) is 25.2. The molecule has 0 radical (unpaired) electrons. The van der Waals surface area contributed by atoms with Crippen LogP contribution in [0.3, 0.4) is 0 Å². The van der Waals surface area contributed by atoms with Crippen molar-refractivity contribution < 1.29 is 27.5 Å². The number of benzene rings is 2. The van der Waals surface area contributed by atoms with E-state index in [1.165, 1.54) is 6.07 Å². The topological polar surface area (TPSA) is 114 Å². The van der Waals surface area contributed by atoms with Crippen LogP contribution in [0.1, 0.15) is 44.7 Å². The molecular weight excluding hydrogens is 470 g/mol. The van der Waals surface area contributed by atoms with Gasteiger partial charge in [0.2, 0.25) is 28.6 Å². The summed E-state index contributed by atoms with van der Waals surface area (Å²) in [5, 5.41) is 2.83. The maximum Gasteiger partial charge on any atom is 0.241 e. The number of nitrogens with one attached hydrogen (secondary N) is 2. The van der Waals surface area contributed by atoms with Gasteiger partial charge in [-0.3, -0.25) is 9.59 Å². The molecule has 0 bridgehead atoms. The number of carbonyl (C=O) groups is 2. The average Bonchev–Trinajstić information content (AvgIpc) is 3.47. The molecule has 2 heterocycles. The largest absolute Gasteiger partial charge is 0.454 e. The molecule has 188 valence electrons. The second-order valence-corrected chi connectivity index (χ2v) is 10.9. The normalized spacial score (nSPS) is 15.3. The van der Waals surface area contributed by atoms with Crippen LogP contribution < -0.4 is 24.4 Å². The molecule has 0 fully saturated rings. The molecule has 0 aliphatic carbocycles. The van der Waals surface area contributed by atoms with E-state index in [0.29, 0.717) is 37.3 Å². The quantitative estimate of drug-likeness (QED) is 0.546. The molecule has 0 aromatic heterocycles. The van der Waals surface area contributed by atoms with Gasteiger partial charge in [-0.25, -0.2) is 8.42 Å². The van der Waals surface area contributed by atoms with Crippen LogP contribution in [-0.2, 0) is 32.6 Å². The predicted octanol–water partition coefficient (Wildman–Crippen LogP) is 2.72. The van der Waals surface area contributed by atoms with Crippen LogP contribution in [0.15, 0.2) is 41.3 Å². The van der Waals surface area contributed by atoms with Gasteiger partial charge in [-0.15, -0.1) is 0 Å². The van der Waals surface area contributed by atoms with E-state index in [-0.39, 0.29) is 30.1 Å². The van der Waals surface area contributed by atoms with Crippen LogP contribution in [-0.4, -0.2) is 39.6 Å². The Balaban J connectivity index is 1.46. The Morgan fingerprint density at radius 3 is 2.60 bits per heavy atom. The molecule has 2 aromatic rings. The molecule has 0 spiro atoms. The molecule has 1 atom stereocenters. The highest BCUT2D eigenvalue weighted by atomic mass is 32.2. The molecular formula is C25H31N3O6S. The summed E-state index contributed by atoms with van der Waals surface area (Å²) in [5.74, 6) is 0.969. The molecule has 2 amide bonds. The van der Waals surface area contributed by atoms with Gasteiger partial charge in [0.1, 0.15) is 6.04 Å². The highest BCUT2D eigenvalue weighted by Gasteiger charge is 2.29. The molecule has 4 rings (SSSR count). The van der Waals surface area contributed by atoms with E-state index in [4.69, 9.17) is 9.47 Å². The first kappa shape index (κ1) is 25.0. The fourth-order valence-electron chi connectivity index (χ4n) is 4.29. The monoisotopic (exact) mass is 501 g/mol. The molecule has 2 aliphatic heterocycles. The average molecular weight is 502 g/mol. The zero-order valence-corrected chi connectivity index (χ0v) is 21.0. The number of hydrogen-bond acceptors (Lipinski definition) is 6. The van der Waals surface area contributed by atoms with Gasteiger partial charge < -0.3 is 19.7 Å². The van der Waals surface area contributed by atoms with Crippen molar-refractivity contribution in [3.05, 3.63) is 47.5 Å². The van der Waals surface area contributed by atoms with E-state index >= 15 is 0 Å². The molecule has 1 unspecified atom stereocenters. The Morgan fingerprint density at radius 1 is 1.09 bits per heavy atom. The smallest absolute Gasteiger partial charge is 0.241 e. The number of hydrogen-bond donors (Lipinski definition) is 2. The number of anilines is 1. The van der Waals surface area contributed by atoms with Gasteiger partial charge in [0.15, 0.2) is 11.5 Å². The van der Waals surface area contributed by atoms with E-state index in [2.05, 4.69) is 10.0 Å². The SMILES string of the molecule is CCC(=O)N1CCc2cc(S(=O)(=O)NC(CC(C)C)C(=O)NCc3ccc4c(c3)OCO4)ccc21. The van der Waals surface area contributed by atoms with Crippen molar-refractivity contribution in [1.29, 1.82) is 0 Å². The number of rotatable bonds is 9. The molecule has 10 heteroatoms. The maximum atomic E-state index is 13.2. The van der Waals surface area contributed by atoms with E-state index < -0.39 is 22.0 Å². The molecule has 2 aromatic carbocycles. The summed E-state index contributed by atoms with van der Waals surface area (Å²) in [4.78, 5) is 26.9. The first-order valence-electron chi connectivity index (χ1n) is 11.8. The Labute approximate surface area is 205 Å². The minimum Gasteiger partial charge on any atom is -0.454 e. The summed E-state index contributed by atoms with van der Waals surface area (Å²) in [6, 6.07) is 9.22. The first-order valence-corrected chi connectivity index (χ1v) is 13.3. The van der Waals surface area contributed by atoms with Gasteiger partial charge in [-0.05, 0) is 60.2 Å². The number of fused-ring (bicyclic) bond motifs is 2. The summed E-state index contributed by atoms with van der Waals surface area (Å²) in [6.07, 6.45) is 1.32. The molecule has 0 saturated carbocycles. The minimum atomic E-state index is -3.96. The minimum absolute atomic E-state index is 0.00797. The summed E-state index contributed by atoms with van der Waals surface area (Å²) in [5.41, 5.74) is 2.37. The first-order chi connectivity index (χ1) is 16.7. The number of sulfonamides is 1. The van der Waals surface area contributed by atoms with E-state index in [0.717, 1.165) is 16.8 Å². The lowest BCUT2D eigenvalue weighted by Gasteiger charge is -2.21. The molecule has 35 heavy (non-hydrogen) atoms. The fraction of sp³-hybridized carbons (Fsp3) is 0.440. The molecule has 2 N–H and O–H groups in total. The Bertz CT molecular complexity index is 1230. The second kappa shape index (κ2) is 10.2. The number of ether oxygens (including phenoxy) is 2. The van der Waals surface area contributed by atoms with Gasteiger partial charge >= 0.3 is 0 Å². The van der Waals surface area contributed by atoms with Gasteiger partial charge in [-0.2, -0.15) is 4.72 Å². The van der Waals surface area contributed by atoms with Gasteiger partial charge in [0.25, 0.3) is 0 Å². The Morgan fingerprint density at radius 2 is 1.86 bits per heavy atom. The van der Waals surface area contributed by atoms with Crippen molar-refractivity contribution in [2.45, 2.75) is 57.5 Å². The second-order valence-electron chi connectivity index (χ2n) is 9.15. The molecule has 9 nitrogen and oxygen atoms in total. The van der Waals surface area contributed by atoms with E-state index in [9.17, 15) is 18.0 Å². The third-order valence-corrected chi connectivity index (χ3v) is 7.55. The summed E-state index contributed by atoms with van der Waals surface area (Å²) >= 11 is 0. The Hall–Kier alpha value is -3.11. The fourth-order valence-corrected chi connectivity index (χ4v) is 5.55. The number of nitrogens with zero attached hydrogens (tertiary/aromatic N) is 1. The van der Waals surface area contributed by atoms with Crippen LogP contribution in [0, 0.1) is 5.92 Å².